The average molecular weight is 274 g/mol. The van der Waals surface area contributed by atoms with Gasteiger partial charge in [-0.3, -0.25) is 0 Å². The minimum Gasteiger partial charge on any atom is -0.458 e. The van der Waals surface area contributed by atoms with Crippen LogP contribution in [0.4, 0.5) is 4.39 Å². The zero-order chi connectivity index (χ0) is 13.7. The topological polar surface area (TPSA) is 26.3 Å². The van der Waals surface area contributed by atoms with Gasteiger partial charge in [-0.05, 0) is 80.0 Å². The van der Waals surface area contributed by atoms with Crippen LogP contribution in [0.1, 0.15) is 42.5 Å². The fourth-order valence-electron chi connectivity index (χ4n) is 4.85. The summed E-state index contributed by atoms with van der Waals surface area (Å²) in [5.74, 6) is 2.27. The van der Waals surface area contributed by atoms with Crippen molar-refractivity contribution >= 4 is 5.97 Å². The van der Waals surface area contributed by atoms with E-state index in [1.165, 1.54) is 56.4 Å². The maximum Gasteiger partial charge on any atom is 0.338 e. The highest BCUT2D eigenvalue weighted by molar-refractivity contribution is 5.89. The van der Waals surface area contributed by atoms with E-state index in [0.717, 1.165) is 11.8 Å². The molecule has 2 nitrogen and oxygen atoms in total. The summed E-state index contributed by atoms with van der Waals surface area (Å²) in [5, 5.41) is 0. The van der Waals surface area contributed by atoms with E-state index in [2.05, 4.69) is 0 Å². The largest absolute Gasteiger partial charge is 0.458 e. The van der Waals surface area contributed by atoms with E-state index in [4.69, 9.17) is 4.74 Å². The Morgan fingerprint density at radius 1 is 0.950 bits per heavy atom. The molecule has 4 fully saturated rings. The number of hydrogen-bond donors (Lipinski definition) is 0. The van der Waals surface area contributed by atoms with Crippen LogP contribution in [0.15, 0.2) is 24.3 Å². The number of benzene rings is 1. The average Bonchev–Trinajstić information content (AvgIpc) is 2.42. The fraction of sp³-hybridized carbons (Fsp3) is 0.588. The van der Waals surface area contributed by atoms with Gasteiger partial charge in [-0.25, -0.2) is 9.18 Å². The lowest BCUT2D eigenvalue weighted by molar-refractivity contribution is -0.101. The van der Waals surface area contributed by atoms with E-state index in [-0.39, 0.29) is 17.9 Å². The van der Waals surface area contributed by atoms with Crippen LogP contribution in [-0.2, 0) is 4.74 Å². The maximum absolute atomic E-state index is 12.9. The van der Waals surface area contributed by atoms with Gasteiger partial charge < -0.3 is 4.74 Å². The van der Waals surface area contributed by atoms with Gasteiger partial charge in [-0.15, -0.1) is 0 Å². The van der Waals surface area contributed by atoms with Crippen molar-refractivity contribution in [1.82, 2.24) is 0 Å². The minimum absolute atomic E-state index is 0.0975. The molecular formula is C17H19FO2. The van der Waals surface area contributed by atoms with Crippen LogP contribution in [0.2, 0.25) is 0 Å². The predicted molar refractivity (Wildman–Crippen MR) is 72.6 cm³/mol. The molecular weight excluding hydrogens is 255 g/mol. The second kappa shape index (κ2) is 4.57. The molecule has 0 N–H and O–H groups in total. The van der Waals surface area contributed by atoms with Crippen molar-refractivity contribution in [3.05, 3.63) is 35.6 Å². The van der Waals surface area contributed by atoms with E-state index in [1.54, 1.807) is 0 Å². The van der Waals surface area contributed by atoms with Crippen LogP contribution >= 0.6 is 0 Å². The third kappa shape index (κ3) is 2.04. The molecule has 0 unspecified atom stereocenters. The Labute approximate surface area is 118 Å². The fourth-order valence-corrected chi connectivity index (χ4v) is 4.85. The van der Waals surface area contributed by atoms with Crippen LogP contribution in [0.5, 0.6) is 0 Å². The van der Waals surface area contributed by atoms with Gasteiger partial charge in [0.15, 0.2) is 0 Å². The molecule has 3 heteroatoms. The van der Waals surface area contributed by atoms with E-state index in [0.29, 0.717) is 17.4 Å². The van der Waals surface area contributed by atoms with E-state index >= 15 is 0 Å². The first-order valence-corrected chi connectivity index (χ1v) is 7.65. The number of halogens is 1. The van der Waals surface area contributed by atoms with Crippen molar-refractivity contribution in [3.8, 4) is 0 Å². The Morgan fingerprint density at radius 3 is 2.05 bits per heavy atom. The number of carbonyl (C=O) groups excluding carboxylic acids is 1. The molecule has 0 amide bonds. The van der Waals surface area contributed by atoms with Crippen molar-refractivity contribution in [1.29, 1.82) is 0 Å². The monoisotopic (exact) mass is 274 g/mol. The summed E-state index contributed by atoms with van der Waals surface area (Å²) < 4.78 is 18.7. The molecule has 4 bridgehead atoms. The molecule has 4 saturated carbocycles. The van der Waals surface area contributed by atoms with Crippen molar-refractivity contribution in [2.45, 2.75) is 38.2 Å². The second-order valence-electron chi connectivity index (χ2n) is 6.81. The summed E-state index contributed by atoms with van der Waals surface area (Å²) in [6.07, 6.45) is 6.41. The van der Waals surface area contributed by atoms with E-state index in [1.807, 2.05) is 0 Å². The summed E-state index contributed by atoms with van der Waals surface area (Å²) in [4.78, 5) is 12.2. The Morgan fingerprint density at radius 2 is 1.50 bits per heavy atom. The molecule has 0 radical (unpaired) electrons. The number of ether oxygens (including phenoxy) is 1. The number of rotatable bonds is 2. The van der Waals surface area contributed by atoms with E-state index in [9.17, 15) is 9.18 Å². The first kappa shape index (κ1) is 12.4. The smallest absolute Gasteiger partial charge is 0.338 e. The molecule has 5 rings (SSSR count). The minimum atomic E-state index is -0.323. The highest BCUT2D eigenvalue weighted by atomic mass is 19.1. The molecule has 0 heterocycles. The SMILES string of the molecule is O=C(OC1C2CC3CC(C2)CC1C3)c1ccc(F)cc1. The zero-order valence-electron chi connectivity index (χ0n) is 11.4. The lowest BCUT2D eigenvalue weighted by atomic mass is 9.55. The third-order valence-corrected chi connectivity index (χ3v) is 5.46. The second-order valence-corrected chi connectivity index (χ2v) is 6.81. The van der Waals surface area contributed by atoms with Crippen molar-refractivity contribution < 1.29 is 13.9 Å². The van der Waals surface area contributed by atoms with Gasteiger partial charge in [-0.1, -0.05) is 0 Å². The quantitative estimate of drug-likeness (QED) is 0.767. The Hall–Kier alpha value is -1.38. The highest BCUT2D eigenvalue weighted by Crippen LogP contribution is 2.54. The molecule has 4 aliphatic carbocycles. The van der Waals surface area contributed by atoms with Crippen molar-refractivity contribution in [3.63, 3.8) is 0 Å². The summed E-state index contributed by atoms with van der Waals surface area (Å²) in [5.41, 5.74) is 0.459. The molecule has 0 saturated heterocycles. The first-order valence-electron chi connectivity index (χ1n) is 7.65. The van der Waals surface area contributed by atoms with Gasteiger partial charge in [0.25, 0.3) is 0 Å². The third-order valence-electron chi connectivity index (χ3n) is 5.46. The molecule has 106 valence electrons. The summed E-state index contributed by atoms with van der Waals surface area (Å²) >= 11 is 0. The lowest BCUT2D eigenvalue weighted by Crippen LogP contribution is -2.50. The van der Waals surface area contributed by atoms with Gasteiger partial charge in [0.2, 0.25) is 0 Å². The normalized spacial score (nSPS) is 38.0. The zero-order valence-corrected chi connectivity index (χ0v) is 11.4. The Kier molecular flexibility index (Phi) is 2.83. The standard InChI is InChI=1S/C17H19FO2/c18-15-3-1-12(2-4-15)17(19)20-16-13-6-10-5-11(8-13)9-14(16)7-10/h1-4,10-11,13-14,16H,5-9H2. The van der Waals surface area contributed by atoms with Gasteiger partial charge in [-0.2, -0.15) is 0 Å². The molecule has 4 aliphatic rings. The lowest BCUT2D eigenvalue weighted by Gasteiger charge is -2.53. The molecule has 0 aliphatic heterocycles. The van der Waals surface area contributed by atoms with Gasteiger partial charge in [0, 0.05) is 0 Å². The van der Waals surface area contributed by atoms with Gasteiger partial charge >= 0.3 is 5.97 Å². The van der Waals surface area contributed by atoms with Gasteiger partial charge in [0.05, 0.1) is 5.56 Å². The molecule has 0 aromatic heterocycles. The molecule has 1 aromatic rings. The van der Waals surface area contributed by atoms with Crippen LogP contribution in [0.25, 0.3) is 0 Å². The van der Waals surface area contributed by atoms with E-state index < -0.39 is 0 Å². The van der Waals surface area contributed by atoms with Crippen molar-refractivity contribution in [2.75, 3.05) is 0 Å². The van der Waals surface area contributed by atoms with Gasteiger partial charge in [0.1, 0.15) is 11.9 Å². The van der Waals surface area contributed by atoms with Crippen LogP contribution in [0.3, 0.4) is 0 Å². The van der Waals surface area contributed by atoms with Crippen LogP contribution in [-0.4, -0.2) is 12.1 Å². The molecule has 1 aromatic carbocycles. The highest BCUT2D eigenvalue weighted by Gasteiger charge is 2.49. The summed E-state index contributed by atoms with van der Waals surface area (Å²) in [6.45, 7) is 0. The van der Waals surface area contributed by atoms with Crippen LogP contribution in [0, 0.1) is 29.5 Å². The number of hydrogen-bond acceptors (Lipinski definition) is 2. The molecule has 0 atom stereocenters. The number of carbonyl (C=O) groups is 1. The predicted octanol–water partition coefficient (Wildman–Crippen LogP) is 3.81. The summed E-state index contributed by atoms with van der Waals surface area (Å²) in [6, 6.07) is 5.64. The molecule has 20 heavy (non-hydrogen) atoms. The Balaban J connectivity index is 1.49. The van der Waals surface area contributed by atoms with Crippen molar-refractivity contribution in [2.24, 2.45) is 23.7 Å². The molecule has 0 spiro atoms. The first-order chi connectivity index (χ1) is 9.69. The maximum atomic E-state index is 12.9. The number of esters is 1. The Bertz CT molecular complexity index is 494. The van der Waals surface area contributed by atoms with Crippen LogP contribution < -0.4 is 0 Å². The summed E-state index contributed by atoms with van der Waals surface area (Å²) in [7, 11) is 0.